The zero-order chi connectivity index (χ0) is 42.0. The van der Waals surface area contributed by atoms with E-state index in [0.29, 0.717) is 17.9 Å². The van der Waals surface area contributed by atoms with Crippen LogP contribution in [0.4, 0.5) is 30.6 Å². The van der Waals surface area contributed by atoms with Gasteiger partial charge in [0, 0.05) is 66.8 Å². The van der Waals surface area contributed by atoms with Crippen molar-refractivity contribution in [1.29, 1.82) is 0 Å². The molecule has 0 saturated carbocycles. The lowest BCUT2D eigenvalue weighted by Crippen LogP contribution is -2.46. The summed E-state index contributed by atoms with van der Waals surface area (Å²) < 4.78 is 48.5. The Morgan fingerprint density at radius 2 is 1.53 bits per heavy atom. The maximum Gasteiger partial charge on any atom is 0.332 e. The second-order valence-electron chi connectivity index (χ2n) is 15.8. The van der Waals surface area contributed by atoms with Gasteiger partial charge in [-0.15, -0.1) is 0 Å². The van der Waals surface area contributed by atoms with Crippen LogP contribution in [-0.4, -0.2) is 94.5 Å². The smallest absolute Gasteiger partial charge is 0.332 e. The molecule has 3 fully saturated rings. The third kappa shape index (κ3) is 8.23. The van der Waals surface area contributed by atoms with Crippen LogP contribution < -0.4 is 19.4 Å². The topological polar surface area (TPSA) is 126 Å². The van der Waals surface area contributed by atoms with Crippen molar-refractivity contribution in [3.05, 3.63) is 126 Å². The minimum Gasteiger partial charge on any atom is -0.508 e. The van der Waals surface area contributed by atoms with Crippen molar-refractivity contribution in [2.24, 2.45) is 0 Å². The normalized spacial score (nSPS) is 21.4. The highest BCUT2D eigenvalue weighted by Gasteiger charge is 2.50. The fraction of sp³-hybridized carbons (Fsp3) is 0.378. The number of benzene rings is 4. The average molecular weight is 822 g/mol. The Hall–Kier alpha value is -6.06. The lowest BCUT2D eigenvalue weighted by atomic mass is 9.86. The molecule has 1 N–H and O–H groups in total. The van der Waals surface area contributed by atoms with Gasteiger partial charge in [0.1, 0.15) is 54.0 Å². The van der Waals surface area contributed by atoms with Crippen molar-refractivity contribution in [3.63, 3.8) is 0 Å². The highest BCUT2D eigenvalue weighted by molar-refractivity contribution is 6.15. The van der Waals surface area contributed by atoms with Gasteiger partial charge in [0.15, 0.2) is 6.29 Å². The Labute approximate surface area is 347 Å². The largest absolute Gasteiger partial charge is 0.508 e. The molecule has 0 spiro atoms. The number of phenolic OH excluding ortho intramolecular Hbond substituents is 1. The number of aromatic hydroxyl groups is 1. The molecular weight excluding hydrogens is 773 g/mol. The van der Waals surface area contributed by atoms with Gasteiger partial charge in [-0.1, -0.05) is 31.5 Å². The molecular formula is C45H49F2N7O6. The molecule has 5 aromatic rings. The summed E-state index contributed by atoms with van der Waals surface area (Å²) in [6, 6.07) is 24.7. The summed E-state index contributed by atoms with van der Waals surface area (Å²) in [6.45, 7) is 9.09. The van der Waals surface area contributed by atoms with E-state index in [1.165, 1.54) is 34.4 Å². The van der Waals surface area contributed by atoms with Crippen molar-refractivity contribution < 1.29 is 37.7 Å². The molecule has 13 nitrogen and oxygen atoms in total. The molecule has 4 heterocycles. The van der Waals surface area contributed by atoms with Gasteiger partial charge in [-0.05, 0) is 92.6 Å². The summed E-state index contributed by atoms with van der Waals surface area (Å²) >= 11 is 0. The first kappa shape index (κ1) is 40.7. The summed E-state index contributed by atoms with van der Waals surface area (Å²) in [5, 5.41) is 14.1. The zero-order valence-electron chi connectivity index (χ0n) is 33.9. The van der Waals surface area contributed by atoms with Crippen LogP contribution in [0.3, 0.4) is 0 Å². The number of hydrogen-bond acceptors (Lipinski definition) is 10. The Kier molecular flexibility index (Phi) is 11.7. The molecule has 0 radical (unpaired) electrons. The summed E-state index contributed by atoms with van der Waals surface area (Å²) in [5.41, 5.74) is 2.57. The van der Waals surface area contributed by atoms with Gasteiger partial charge in [0.25, 0.3) is 5.91 Å². The fourth-order valence-corrected chi connectivity index (χ4v) is 8.56. The molecule has 3 aliphatic rings. The summed E-state index contributed by atoms with van der Waals surface area (Å²) in [6.07, 6.45) is 3.59. The minimum atomic E-state index is -1.26. The molecule has 8 rings (SSSR count). The van der Waals surface area contributed by atoms with Crippen LogP contribution in [0, 0.1) is 11.6 Å². The third-order valence-corrected chi connectivity index (χ3v) is 11.5. The predicted molar refractivity (Wildman–Crippen MR) is 221 cm³/mol. The van der Waals surface area contributed by atoms with Crippen LogP contribution >= 0.6 is 0 Å². The number of nitrogens with zero attached hydrogens (tertiary/aromatic N) is 7. The van der Waals surface area contributed by atoms with Gasteiger partial charge in [0.05, 0.1) is 13.2 Å². The van der Waals surface area contributed by atoms with Crippen molar-refractivity contribution in [3.8, 4) is 11.5 Å². The standard InChI is InChI=1S/C45H49F2N7O6/c1-4-5-38(31-6-15-36(55)16-7-31)42-43(56)53(30(2)3)44(57)54(42)35-11-9-33(10-12-35)50-20-22-51(23-21-50)34-13-17-37(18-14-34)58-25-41-59-27-45(60-41,26-52-29-48-28-49-52)39-19-8-32(46)24-40(39)47/h6-19,24,28-30,38,41-42,55H,4-5,20-23,25-27H2,1-3H3/t38?,41-,42?,45+/m0/s1. The Balaban J connectivity index is 0.880. The number of halogens is 2. The second kappa shape index (κ2) is 17.3. The summed E-state index contributed by atoms with van der Waals surface area (Å²) in [5.74, 6) is -1.10. The third-order valence-electron chi connectivity index (χ3n) is 11.5. The maximum absolute atomic E-state index is 15.0. The minimum absolute atomic E-state index is 0.0106. The molecule has 60 heavy (non-hydrogen) atoms. The number of imide groups is 1. The SMILES string of the molecule is CCCC(c1ccc(O)cc1)C1C(=O)N(C(C)C)C(=O)N1c1ccc(N2CCN(c3ccc(OC[C@H]4OC[C@](Cn5cncn5)(c5ccc(F)cc5F)O4)cc3)CC2)cc1. The molecule has 4 atom stereocenters. The van der Waals surface area contributed by atoms with E-state index in [4.69, 9.17) is 14.2 Å². The number of amides is 3. The van der Waals surface area contributed by atoms with E-state index in [2.05, 4.69) is 26.8 Å². The number of hydrogen-bond donors (Lipinski definition) is 1. The van der Waals surface area contributed by atoms with Crippen LogP contribution in [0.2, 0.25) is 0 Å². The lowest BCUT2D eigenvalue weighted by molar-refractivity contribution is -0.128. The number of urea groups is 1. The van der Waals surface area contributed by atoms with Crippen LogP contribution in [0.15, 0.2) is 104 Å². The van der Waals surface area contributed by atoms with E-state index >= 15 is 0 Å². The highest BCUT2D eigenvalue weighted by Crippen LogP contribution is 2.40. The van der Waals surface area contributed by atoms with Crippen molar-refractivity contribution in [2.75, 3.05) is 54.1 Å². The van der Waals surface area contributed by atoms with Crippen LogP contribution in [-0.2, 0) is 26.4 Å². The van der Waals surface area contributed by atoms with E-state index in [-0.39, 0.29) is 55.0 Å². The number of carbonyl (C=O) groups excluding carboxylic acids is 2. The van der Waals surface area contributed by atoms with Crippen LogP contribution in [0.1, 0.15) is 50.7 Å². The second-order valence-corrected chi connectivity index (χ2v) is 15.8. The van der Waals surface area contributed by atoms with Crippen molar-refractivity contribution in [2.45, 2.75) is 70.1 Å². The molecule has 3 saturated heterocycles. The van der Waals surface area contributed by atoms with Gasteiger partial charge in [-0.3, -0.25) is 14.6 Å². The van der Waals surface area contributed by atoms with E-state index in [1.54, 1.807) is 17.0 Å². The summed E-state index contributed by atoms with van der Waals surface area (Å²) in [4.78, 5) is 39.5. The molecule has 1 aromatic heterocycles. The number of phenols is 1. The monoisotopic (exact) mass is 821 g/mol. The van der Waals surface area contributed by atoms with Gasteiger partial charge in [-0.2, -0.15) is 5.10 Å². The number of piperazine rings is 1. The maximum atomic E-state index is 15.0. The number of carbonyl (C=O) groups is 2. The van der Waals surface area contributed by atoms with E-state index < -0.39 is 29.6 Å². The van der Waals surface area contributed by atoms with Crippen LogP contribution in [0.5, 0.6) is 11.5 Å². The molecule has 15 heteroatoms. The highest BCUT2D eigenvalue weighted by atomic mass is 19.1. The predicted octanol–water partition coefficient (Wildman–Crippen LogP) is 7.07. The fourth-order valence-electron chi connectivity index (χ4n) is 8.56. The first-order valence-electron chi connectivity index (χ1n) is 20.4. The zero-order valence-corrected chi connectivity index (χ0v) is 33.9. The lowest BCUT2D eigenvalue weighted by Gasteiger charge is -2.37. The Morgan fingerprint density at radius 1 is 0.883 bits per heavy atom. The van der Waals surface area contributed by atoms with E-state index in [1.807, 2.05) is 74.5 Å². The molecule has 4 aromatic carbocycles. The van der Waals surface area contributed by atoms with E-state index in [9.17, 15) is 23.5 Å². The Morgan fingerprint density at radius 3 is 2.13 bits per heavy atom. The van der Waals surface area contributed by atoms with Gasteiger partial charge >= 0.3 is 6.03 Å². The number of ether oxygens (including phenoxy) is 3. The van der Waals surface area contributed by atoms with E-state index in [0.717, 1.165) is 55.6 Å². The van der Waals surface area contributed by atoms with Gasteiger partial charge in [-0.25, -0.2) is 23.2 Å². The first-order valence-corrected chi connectivity index (χ1v) is 20.4. The van der Waals surface area contributed by atoms with Gasteiger partial charge in [0.2, 0.25) is 0 Å². The average Bonchev–Trinajstić information content (AvgIpc) is 3.98. The molecule has 3 amide bonds. The number of rotatable bonds is 14. The Bertz CT molecular complexity index is 2250. The number of aromatic nitrogens is 3. The molecule has 314 valence electrons. The number of anilines is 3. The van der Waals surface area contributed by atoms with Gasteiger partial charge < -0.3 is 29.1 Å². The van der Waals surface area contributed by atoms with Crippen molar-refractivity contribution >= 4 is 29.0 Å². The van der Waals surface area contributed by atoms with Crippen molar-refractivity contribution in [1.82, 2.24) is 19.7 Å². The molecule has 3 aliphatic heterocycles. The first-order chi connectivity index (χ1) is 29.0. The molecule has 0 aliphatic carbocycles. The summed E-state index contributed by atoms with van der Waals surface area (Å²) in [7, 11) is 0. The molecule has 0 bridgehead atoms. The quantitative estimate of drug-likeness (QED) is 0.116. The van der Waals surface area contributed by atoms with Crippen LogP contribution in [0.25, 0.3) is 0 Å². The molecule has 2 unspecified atom stereocenters.